The lowest BCUT2D eigenvalue weighted by atomic mass is 10.1. The Kier molecular flexibility index (Phi) is 7.07. The van der Waals surface area contributed by atoms with Gasteiger partial charge in [0, 0.05) is 13.6 Å². The second-order valence-electron chi connectivity index (χ2n) is 7.34. The van der Waals surface area contributed by atoms with Crippen LogP contribution in [0.4, 0.5) is 4.79 Å². The molecule has 0 aliphatic rings. The molecule has 2 N–H and O–H groups in total. The van der Waals surface area contributed by atoms with E-state index in [0.717, 1.165) is 10.2 Å². The van der Waals surface area contributed by atoms with Gasteiger partial charge in [-0.1, -0.05) is 30.3 Å². The Hall–Kier alpha value is -2.28. The molecule has 1 aromatic heterocycles. The highest BCUT2D eigenvalue weighted by molar-refractivity contribution is 9.10. The smallest absolute Gasteiger partial charge is 0.407 e. The fraction of sp³-hybridized carbons (Fsp3) is 0.400. The van der Waals surface area contributed by atoms with Crippen molar-refractivity contribution in [3.05, 3.63) is 58.3 Å². The fourth-order valence-corrected chi connectivity index (χ4v) is 2.89. The van der Waals surface area contributed by atoms with Crippen molar-refractivity contribution in [2.75, 3.05) is 6.54 Å². The van der Waals surface area contributed by atoms with E-state index in [1.165, 1.54) is 0 Å². The third-order valence-corrected chi connectivity index (χ3v) is 4.64. The van der Waals surface area contributed by atoms with E-state index in [1.54, 1.807) is 10.6 Å². The molecule has 1 heterocycles. The van der Waals surface area contributed by atoms with Gasteiger partial charge in [-0.15, -0.1) is 0 Å². The van der Waals surface area contributed by atoms with Crippen LogP contribution in [0.3, 0.4) is 0 Å². The highest BCUT2D eigenvalue weighted by Crippen LogP contribution is 2.14. The summed E-state index contributed by atoms with van der Waals surface area (Å²) in [6.07, 6.45) is 0.0879. The maximum absolute atomic E-state index is 12.7. The molecule has 2 rings (SSSR count). The Morgan fingerprint density at radius 2 is 1.81 bits per heavy atom. The number of nitrogens with one attached hydrogen (secondary N) is 2. The number of amides is 2. The summed E-state index contributed by atoms with van der Waals surface area (Å²) in [5.74, 6) is -0.199. The van der Waals surface area contributed by atoms with Crippen LogP contribution >= 0.6 is 15.9 Å². The number of hydrogen-bond donors (Lipinski definition) is 2. The molecular weight excluding hydrogens is 410 g/mol. The molecule has 0 aliphatic heterocycles. The Labute approximate surface area is 168 Å². The fourth-order valence-electron chi connectivity index (χ4n) is 2.57. The molecule has 146 valence electrons. The summed E-state index contributed by atoms with van der Waals surface area (Å²) in [6.45, 7) is 5.69. The Morgan fingerprint density at radius 1 is 1.15 bits per heavy atom. The average Bonchev–Trinajstić information content (AvgIpc) is 2.91. The number of ether oxygens (including phenoxy) is 1. The Morgan fingerprint density at radius 3 is 2.37 bits per heavy atom. The predicted octanol–water partition coefficient (Wildman–Crippen LogP) is 3.65. The minimum Gasteiger partial charge on any atom is -0.444 e. The van der Waals surface area contributed by atoms with Crippen LogP contribution in [-0.2, 0) is 18.2 Å². The molecule has 0 aliphatic carbocycles. The van der Waals surface area contributed by atoms with Gasteiger partial charge in [-0.25, -0.2) is 4.79 Å². The molecule has 2 aromatic rings. The summed E-state index contributed by atoms with van der Waals surface area (Å²) in [4.78, 5) is 24.6. The van der Waals surface area contributed by atoms with E-state index in [1.807, 2.05) is 64.2 Å². The van der Waals surface area contributed by atoms with Crippen LogP contribution in [0.25, 0.3) is 0 Å². The molecule has 0 saturated heterocycles. The van der Waals surface area contributed by atoms with Crippen LogP contribution in [0.15, 0.2) is 47.1 Å². The summed E-state index contributed by atoms with van der Waals surface area (Å²) >= 11 is 3.39. The van der Waals surface area contributed by atoms with Crippen molar-refractivity contribution in [1.29, 1.82) is 0 Å². The topological polar surface area (TPSA) is 72.4 Å². The number of carbonyl (C=O) groups excluding carboxylic acids is 2. The number of nitrogens with zero attached hydrogens (tertiary/aromatic N) is 1. The molecule has 0 spiro atoms. The zero-order valence-corrected chi connectivity index (χ0v) is 17.7. The third kappa shape index (κ3) is 6.75. The highest BCUT2D eigenvalue weighted by Gasteiger charge is 2.20. The normalized spacial score (nSPS) is 12.3. The number of aromatic nitrogens is 1. The molecule has 1 atom stereocenters. The molecule has 1 aromatic carbocycles. The number of rotatable bonds is 6. The molecule has 0 radical (unpaired) electrons. The van der Waals surface area contributed by atoms with Crippen molar-refractivity contribution in [3.8, 4) is 0 Å². The number of carbonyl (C=O) groups is 2. The van der Waals surface area contributed by atoms with Gasteiger partial charge in [-0.05, 0) is 60.8 Å². The van der Waals surface area contributed by atoms with Crippen LogP contribution in [0.1, 0.15) is 36.8 Å². The average molecular weight is 436 g/mol. The van der Waals surface area contributed by atoms with Crippen molar-refractivity contribution in [2.45, 2.75) is 38.8 Å². The van der Waals surface area contributed by atoms with Gasteiger partial charge < -0.3 is 19.9 Å². The molecule has 1 unspecified atom stereocenters. The molecule has 27 heavy (non-hydrogen) atoms. The highest BCUT2D eigenvalue weighted by atomic mass is 79.9. The molecule has 6 nitrogen and oxygen atoms in total. The first kappa shape index (κ1) is 21.0. The van der Waals surface area contributed by atoms with Gasteiger partial charge >= 0.3 is 6.09 Å². The standard InChI is InChI=1S/C20H26BrN3O3/c1-20(2,3)27-19(26)22-13-15(12-14-8-6-5-7-9-14)23-18(25)16-10-11-17(21)24(16)4/h5-11,15H,12-13H2,1-4H3,(H,22,26)(H,23,25). The van der Waals surface area contributed by atoms with Crippen LogP contribution in [0, 0.1) is 0 Å². The molecule has 2 amide bonds. The second-order valence-corrected chi connectivity index (χ2v) is 8.16. The summed E-state index contributed by atoms with van der Waals surface area (Å²) in [6, 6.07) is 13.1. The first-order valence-corrected chi connectivity index (χ1v) is 9.58. The lowest BCUT2D eigenvalue weighted by Crippen LogP contribution is -2.46. The molecule has 0 saturated carbocycles. The van der Waals surface area contributed by atoms with E-state index < -0.39 is 11.7 Å². The SMILES string of the molecule is Cn1c(Br)ccc1C(=O)NC(CNC(=O)OC(C)(C)C)Cc1ccccc1. The molecule has 0 fully saturated rings. The summed E-state index contributed by atoms with van der Waals surface area (Å²) in [5.41, 5.74) is 1.04. The van der Waals surface area contributed by atoms with Crippen LogP contribution in [-0.4, -0.2) is 34.8 Å². The van der Waals surface area contributed by atoms with Crippen molar-refractivity contribution in [1.82, 2.24) is 15.2 Å². The van der Waals surface area contributed by atoms with E-state index in [0.29, 0.717) is 12.1 Å². The lowest BCUT2D eigenvalue weighted by Gasteiger charge is -2.23. The monoisotopic (exact) mass is 435 g/mol. The van der Waals surface area contributed by atoms with Crippen molar-refractivity contribution < 1.29 is 14.3 Å². The van der Waals surface area contributed by atoms with Gasteiger partial charge in [0.2, 0.25) is 0 Å². The summed E-state index contributed by atoms with van der Waals surface area (Å²) < 4.78 is 7.86. The molecular formula is C20H26BrN3O3. The Balaban J connectivity index is 2.06. The van der Waals surface area contributed by atoms with Crippen LogP contribution < -0.4 is 10.6 Å². The van der Waals surface area contributed by atoms with Gasteiger partial charge in [0.15, 0.2) is 0 Å². The van der Waals surface area contributed by atoms with E-state index in [9.17, 15) is 9.59 Å². The van der Waals surface area contributed by atoms with E-state index in [-0.39, 0.29) is 18.5 Å². The minimum absolute atomic E-state index is 0.199. The zero-order valence-electron chi connectivity index (χ0n) is 16.1. The van der Waals surface area contributed by atoms with Gasteiger partial charge in [-0.3, -0.25) is 4.79 Å². The molecule has 0 bridgehead atoms. The quantitative estimate of drug-likeness (QED) is 0.726. The van der Waals surface area contributed by atoms with Gasteiger partial charge in [-0.2, -0.15) is 0 Å². The first-order valence-electron chi connectivity index (χ1n) is 8.78. The second kappa shape index (κ2) is 9.08. The lowest BCUT2D eigenvalue weighted by molar-refractivity contribution is 0.0519. The number of hydrogen-bond acceptors (Lipinski definition) is 3. The predicted molar refractivity (Wildman–Crippen MR) is 109 cm³/mol. The Bertz CT molecular complexity index is 782. The summed E-state index contributed by atoms with van der Waals surface area (Å²) in [7, 11) is 1.81. The van der Waals surface area contributed by atoms with Crippen molar-refractivity contribution in [3.63, 3.8) is 0 Å². The number of halogens is 1. The molecule has 7 heteroatoms. The van der Waals surface area contributed by atoms with Gasteiger partial charge in [0.05, 0.1) is 10.6 Å². The maximum Gasteiger partial charge on any atom is 0.407 e. The number of alkyl carbamates (subject to hydrolysis) is 1. The van der Waals surface area contributed by atoms with Crippen LogP contribution in [0.2, 0.25) is 0 Å². The first-order chi connectivity index (χ1) is 12.7. The van der Waals surface area contributed by atoms with Gasteiger partial charge in [0.1, 0.15) is 11.3 Å². The summed E-state index contributed by atoms with van der Waals surface area (Å²) in [5, 5.41) is 5.75. The van der Waals surface area contributed by atoms with Crippen molar-refractivity contribution >= 4 is 27.9 Å². The van der Waals surface area contributed by atoms with E-state index >= 15 is 0 Å². The van der Waals surface area contributed by atoms with Crippen molar-refractivity contribution in [2.24, 2.45) is 7.05 Å². The van der Waals surface area contributed by atoms with E-state index in [4.69, 9.17) is 4.74 Å². The number of benzene rings is 1. The third-order valence-electron chi connectivity index (χ3n) is 3.84. The van der Waals surface area contributed by atoms with E-state index in [2.05, 4.69) is 26.6 Å². The maximum atomic E-state index is 12.7. The minimum atomic E-state index is -0.572. The van der Waals surface area contributed by atoms with Gasteiger partial charge in [0.25, 0.3) is 5.91 Å². The van der Waals surface area contributed by atoms with Crippen LogP contribution in [0.5, 0.6) is 0 Å². The zero-order chi connectivity index (χ0) is 20.0. The largest absolute Gasteiger partial charge is 0.444 e.